The molecule has 2 aromatic carbocycles. The van der Waals surface area contributed by atoms with Crippen molar-refractivity contribution < 1.29 is 14.7 Å². The smallest absolute Gasteiger partial charge is 0.357 e. The number of aromatic carboxylic acids is 1. The van der Waals surface area contributed by atoms with Gasteiger partial charge in [0.15, 0.2) is 11.5 Å². The van der Waals surface area contributed by atoms with Gasteiger partial charge in [-0.05, 0) is 25.1 Å². The number of carboxylic acid groups (broad SMARTS) is 1. The highest BCUT2D eigenvalue weighted by atomic mass is 35.5. The van der Waals surface area contributed by atoms with E-state index in [2.05, 4.69) is 5.10 Å². The summed E-state index contributed by atoms with van der Waals surface area (Å²) >= 11 is 5.90. The summed E-state index contributed by atoms with van der Waals surface area (Å²) in [6.45, 7) is 1.50. The Labute approximate surface area is 147 Å². The first-order valence-corrected chi connectivity index (χ1v) is 7.82. The minimum atomic E-state index is -1.27. The third-order valence-electron chi connectivity index (χ3n) is 3.89. The third kappa shape index (κ3) is 3.04. The first-order chi connectivity index (χ1) is 11.9. The number of benzene rings is 2. The fraction of sp³-hybridized carbons (Fsp3) is 0.111. The molecule has 0 fully saturated rings. The molecule has 1 unspecified atom stereocenters. The van der Waals surface area contributed by atoms with Crippen molar-refractivity contribution in [3.05, 3.63) is 75.2 Å². The van der Waals surface area contributed by atoms with Gasteiger partial charge in [0.2, 0.25) is 0 Å². The lowest BCUT2D eigenvalue weighted by atomic mass is 10.1. The average molecular weight is 357 g/mol. The van der Waals surface area contributed by atoms with Crippen molar-refractivity contribution in [1.82, 2.24) is 9.78 Å². The van der Waals surface area contributed by atoms with E-state index >= 15 is 0 Å². The Balaban J connectivity index is 2.18. The van der Waals surface area contributed by atoms with Crippen LogP contribution in [0.5, 0.6) is 0 Å². The number of carbonyl (C=O) groups excluding carboxylic acids is 1. The van der Waals surface area contributed by atoms with Gasteiger partial charge in [-0.2, -0.15) is 5.10 Å². The number of halogens is 1. The highest BCUT2D eigenvalue weighted by Crippen LogP contribution is 2.19. The first-order valence-electron chi connectivity index (χ1n) is 7.45. The number of carboxylic acids is 1. The van der Waals surface area contributed by atoms with Gasteiger partial charge in [0.25, 0.3) is 5.56 Å². The molecule has 3 rings (SSSR count). The van der Waals surface area contributed by atoms with Crippen LogP contribution in [0, 0.1) is 0 Å². The minimum absolute atomic E-state index is 0.195. The van der Waals surface area contributed by atoms with Crippen molar-refractivity contribution in [2.24, 2.45) is 0 Å². The molecule has 0 amide bonds. The predicted molar refractivity (Wildman–Crippen MR) is 93.5 cm³/mol. The van der Waals surface area contributed by atoms with Crippen LogP contribution in [0.25, 0.3) is 10.8 Å². The molecule has 126 valence electrons. The molecule has 0 radical (unpaired) electrons. The van der Waals surface area contributed by atoms with E-state index in [9.17, 15) is 19.5 Å². The monoisotopic (exact) mass is 356 g/mol. The summed E-state index contributed by atoms with van der Waals surface area (Å²) < 4.78 is 0.912. The van der Waals surface area contributed by atoms with Gasteiger partial charge in [-0.15, -0.1) is 0 Å². The van der Waals surface area contributed by atoms with Gasteiger partial charge < -0.3 is 5.11 Å². The summed E-state index contributed by atoms with van der Waals surface area (Å²) in [7, 11) is 0. The van der Waals surface area contributed by atoms with Crippen LogP contribution in [0.2, 0.25) is 5.02 Å². The number of hydrogen-bond donors (Lipinski definition) is 1. The second kappa shape index (κ2) is 6.49. The molecular weight excluding hydrogens is 344 g/mol. The van der Waals surface area contributed by atoms with Crippen molar-refractivity contribution in [3.63, 3.8) is 0 Å². The van der Waals surface area contributed by atoms with Crippen molar-refractivity contribution in [3.8, 4) is 0 Å². The molecular formula is C18H13ClN2O4. The highest BCUT2D eigenvalue weighted by Gasteiger charge is 2.23. The molecule has 1 atom stereocenters. The van der Waals surface area contributed by atoms with Gasteiger partial charge in [0.05, 0.1) is 5.39 Å². The lowest BCUT2D eigenvalue weighted by Crippen LogP contribution is -2.32. The third-order valence-corrected chi connectivity index (χ3v) is 4.12. The Bertz CT molecular complexity index is 1060. The van der Waals surface area contributed by atoms with Crippen molar-refractivity contribution in [1.29, 1.82) is 0 Å². The van der Waals surface area contributed by atoms with Gasteiger partial charge in [-0.25, -0.2) is 9.48 Å². The summed E-state index contributed by atoms with van der Waals surface area (Å²) in [5, 5.41) is 14.1. The van der Waals surface area contributed by atoms with Crippen LogP contribution in [0.15, 0.2) is 53.3 Å². The zero-order chi connectivity index (χ0) is 18.1. The fourth-order valence-corrected chi connectivity index (χ4v) is 2.81. The van der Waals surface area contributed by atoms with Gasteiger partial charge >= 0.3 is 5.97 Å². The number of fused-ring (bicyclic) bond motifs is 1. The van der Waals surface area contributed by atoms with Gasteiger partial charge in [0, 0.05) is 16.0 Å². The van der Waals surface area contributed by atoms with E-state index < -0.39 is 17.6 Å². The lowest BCUT2D eigenvalue weighted by molar-refractivity contribution is 0.0687. The van der Waals surface area contributed by atoms with Crippen molar-refractivity contribution in [2.45, 2.75) is 13.0 Å². The number of rotatable bonds is 4. The molecule has 25 heavy (non-hydrogen) atoms. The molecule has 1 heterocycles. The summed E-state index contributed by atoms with van der Waals surface area (Å²) in [4.78, 5) is 36.8. The predicted octanol–water partition coefficient (Wildman–Crippen LogP) is 3.19. The number of Topliss-reactive ketones (excluding diaryl/α,β-unsaturated/α-hetero) is 1. The molecule has 3 aromatic rings. The molecule has 6 nitrogen and oxygen atoms in total. The summed E-state index contributed by atoms with van der Waals surface area (Å²) in [6.07, 6.45) is 0. The van der Waals surface area contributed by atoms with Gasteiger partial charge in [-0.1, -0.05) is 41.9 Å². The number of aromatic nitrogens is 2. The Hall–Kier alpha value is -2.99. The maximum atomic E-state index is 12.7. The fourth-order valence-electron chi connectivity index (χ4n) is 2.62. The summed E-state index contributed by atoms with van der Waals surface area (Å²) in [5.41, 5.74) is -0.483. The van der Waals surface area contributed by atoms with Gasteiger partial charge in [-0.3, -0.25) is 9.59 Å². The maximum absolute atomic E-state index is 12.7. The Morgan fingerprint density at radius 3 is 2.44 bits per heavy atom. The molecule has 1 N–H and O–H groups in total. The lowest BCUT2D eigenvalue weighted by Gasteiger charge is -2.15. The minimum Gasteiger partial charge on any atom is -0.476 e. The van der Waals surface area contributed by atoms with E-state index in [4.69, 9.17) is 11.6 Å². The highest BCUT2D eigenvalue weighted by molar-refractivity contribution is 6.31. The molecule has 0 aliphatic carbocycles. The molecule has 0 bridgehead atoms. The number of hydrogen-bond acceptors (Lipinski definition) is 4. The van der Waals surface area contributed by atoms with Crippen molar-refractivity contribution in [2.75, 3.05) is 0 Å². The van der Waals surface area contributed by atoms with Crippen LogP contribution >= 0.6 is 11.6 Å². The molecule has 0 saturated heterocycles. The van der Waals surface area contributed by atoms with Crippen LogP contribution < -0.4 is 5.56 Å². The van der Waals surface area contributed by atoms with E-state index in [-0.39, 0.29) is 22.2 Å². The average Bonchev–Trinajstić information content (AvgIpc) is 2.61. The van der Waals surface area contributed by atoms with E-state index in [0.717, 1.165) is 4.68 Å². The zero-order valence-corrected chi connectivity index (χ0v) is 13.9. The molecule has 0 aliphatic heterocycles. The summed E-state index contributed by atoms with van der Waals surface area (Å²) in [6, 6.07) is 11.6. The second-order valence-corrected chi connectivity index (χ2v) is 5.94. The number of ketones is 1. The first kappa shape index (κ1) is 16.9. The van der Waals surface area contributed by atoms with E-state index in [1.807, 2.05) is 0 Å². The Morgan fingerprint density at radius 1 is 1.12 bits per heavy atom. The Kier molecular flexibility index (Phi) is 4.37. The topological polar surface area (TPSA) is 89.3 Å². The maximum Gasteiger partial charge on any atom is 0.357 e. The second-order valence-electron chi connectivity index (χ2n) is 5.50. The van der Waals surface area contributed by atoms with Crippen LogP contribution in [-0.4, -0.2) is 26.6 Å². The quantitative estimate of drug-likeness (QED) is 0.725. The normalized spacial score (nSPS) is 12.1. The SMILES string of the molecule is CC(C(=O)c1cccc(Cl)c1)n1nc(C(=O)O)c2ccccc2c1=O. The van der Waals surface area contributed by atoms with Crippen LogP contribution in [0.4, 0.5) is 0 Å². The van der Waals surface area contributed by atoms with Crippen LogP contribution in [-0.2, 0) is 0 Å². The Morgan fingerprint density at radius 2 is 1.80 bits per heavy atom. The largest absolute Gasteiger partial charge is 0.476 e. The standard InChI is InChI=1S/C18H13ClN2O4/c1-10(16(22)11-5-4-6-12(19)9-11)21-17(23)14-8-3-2-7-13(14)15(20-21)18(24)25/h2-10H,1H3,(H,24,25). The molecule has 1 aromatic heterocycles. The molecule has 7 heteroatoms. The zero-order valence-electron chi connectivity index (χ0n) is 13.1. The van der Waals surface area contributed by atoms with Gasteiger partial charge in [0.1, 0.15) is 6.04 Å². The van der Waals surface area contributed by atoms with E-state index in [1.54, 1.807) is 30.3 Å². The van der Waals surface area contributed by atoms with Crippen molar-refractivity contribution >= 4 is 34.1 Å². The summed E-state index contributed by atoms with van der Waals surface area (Å²) in [5.74, 6) is -1.66. The molecule has 0 spiro atoms. The number of carbonyl (C=O) groups is 2. The van der Waals surface area contributed by atoms with E-state index in [1.165, 1.54) is 25.1 Å². The van der Waals surface area contributed by atoms with Crippen LogP contribution in [0.1, 0.15) is 33.8 Å². The number of nitrogens with zero attached hydrogens (tertiary/aromatic N) is 2. The van der Waals surface area contributed by atoms with Crippen LogP contribution in [0.3, 0.4) is 0 Å². The molecule has 0 aliphatic rings. The molecule has 0 saturated carbocycles. The van der Waals surface area contributed by atoms with E-state index in [0.29, 0.717) is 10.6 Å².